The molecule has 0 aliphatic carbocycles. The summed E-state index contributed by atoms with van der Waals surface area (Å²) in [5, 5.41) is 18.0. The summed E-state index contributed by atoms with van der Waals surface area (Å²) in [5.74, 6) is 0. The first-order chi connectivity index (χ1) is 12.2. The average molecular weight is 337 g/mol. The van der Waals surface area contributed by atoms with Crippen LogP contribution < -0.4 is 11.2 Å². The Kier molecular flexibility index (Phi) is 3.71. The topological polar surface area (TPSA) is 120 Å². The van der Waals surface area contributed by atoms with Crippen molar-refractivity contribution >= 4 is 28.1 Å². The first-order valence-corrected chi connectivity index (χ1v) is 7.58. The van der Waals surface area contributed by atoms with Crippen LogP contribution in [0.25, 0.3) is 22.1 Å². The molecule has 4 rings (SSSR count). The van der Waals surface area contributed by atoms with Crippen LogP contribution in [0.5, 0.6) is 0 Å². The molecule has 0 aliphatic rings. The molecule has 0 fully saturated rings. The van der Waals surface area contributed by atoms with Crippen LogP contribution in [0.1, 0.15) is 0 Å². The van der Waals surface area contributed by atoms with Crippen molar-refractivity contribution in [3.05, 3.63) is 48.5 Å². The van der Waals surface area contributed by atoms with Crippen molar-refractivity contribution in [1.82, 2.24) is 40.4 Å². The highest BCUT2D eigenvalue weighted by Gasteiger charge is 2.14. The molecule has 2 aromatic carbocycles. The second-order valence-electron chi connectivity index (χ2n) is 5.45. The zero-order chi connectivity index (χ0) is 17.2. The molecule has 25 heavy (non-hydrogen) atoms. The maximum atomic E-state index is 11.4. The van der Waals surface area contributed by atoms with Crippen LogP contribution in [0.4, 0.5) is 4.79 Å². The van der Waals surface area contributed by atoms with Gasteiger partial charge in [0.25, 0.3) is 0 Å². The molecule has 2 amide bonds. The van der Waals surface area contributed by atoms with Crippen LogP contribution in [0.2, 0.25) is 0 Å². The summed E-state index contributed by atoms with van der Waals surface area (Å²) in [6.07, 6.45) is 0. The molecule has 0 saturated carbocycles. The number of carbonyl (C=O) groups is 1. The molecule has 2 heterocycles. The first-order valence-electron chi connectivity index (χ1n) is 7.58. The van der Waals surface area contributed by atoms with Gasteiger partial charge in [-0.25, -0.2) is 14.2 Å². The summed E-state index contributed by atoms with van der Waals surface area (Å²) >= 11 is 0. The highest BCUT2D eigenvalue weighted by atomic mass is 16.2. The van der Waals surface area contributed by atoms with Gasteiger partial charge in [-0.3, -0.25) is 5.43 Å². The van der Waals surface area contributed by atoms with Crippen molar-refractivity contribution in [2.24, 2.45) is 5.73 Å². The van der Waals surface area contributed by atoms with Gasteiger partial charge >= 0.3 is 6.03 Å². The van der Waals surface area contributed by atoms with Crippen molar-refractivity contribution in [2.75, 3.05) is 0 Å². The fraction of sp³-hybridized carbons (Fsp3) is 0.133. The van der Waals surface area contributed by atoms with Gasteiger partial charge in [-0.05, 0) is 24.3 Å². The summed E-state index contributed by atoms with van der Waals surface area (Å²) in [6.45, 7) is 0.495. The number of para-hydroxylation sites is 2. The SMILES string of the molecule is NC(=O)NN(Cn1nnc2ccccc21)Cn1nnc2ccccc21. The number of rotatable bonds is 5. The lowest BCUT2D eigenvalue weighted by Gasteiger charge is -2.21. The Balaban J connectivity index is 1.63. The predicted molar refractivity (Wildman–Crippen MR) is 89.6 cm³/mol. The lowest BCUT2D eigenvalue weighted by Crippen LogP contribution is -2.46. The van der Waals surface area contributed by atoms with E-state index in [9.17, 15) is 4.79 Å². The average Bonchev–Trinajstić information content (AvgIpc) is 3.20. The van der Waals surface area contributed by atoms with Crippen molar-refractivity contribution in [2.45, 2.75) is 13.3 Å². The third-order valence-electron chi connectivity index (χ3n) is 3.72. The minimum absolute atomic E-state index is 0.248. The highest BCUT2D eigenvalue weighted by Crippen LogP contribution is 2.12. The molecule has 10 nitrogen and oxygen atoms in total. The molecule has 0 atom stereocenters. The molecule has 3 N–H and O–H groups in total. The fourth-order valence-electron chi connectivity index (χ4n) is 2.64. The van der Waals surface area contributed by atoms with Gasteiger partial charge < -0.3 is 5.73 Å². The summed E-state index contributed by atoms with van der Waals surface area (Å²) < 4.78 is 3.34. The maximum absolute atomic E-state index is 11.4. The van der Waals surface area contributed by atoms with E-state index in [1.807, 2.05) is 48.5 Å². The van der Waals surface area contributed by atoms with E-state index >= 15 is 0 Å². The summed E-state index contributed by atoms with van der Waals surface area (Å²) in [7, 11) is 0. The van der Waals surface area contributed by atoms with E-state index in [0.29, 0.717) is 0 Å². The number of carbonyl (C=O) groups excluding carboxylic acids is 1. The number of fused-ring (bicyclic) bond motifs is 2. The van der Waals surface area contributed by atoms with E-state index in [1.54, 1.807) is 14.4 Å². The van der Waals surface area contributed by atoms with Crippen molar-refractivity contribution in [1.29, 1.82) is 0 Å². The molecule has 10 heteroatoms. The van der Waals surface area contributed by atoms with Crippen LogP contribution in [0.3, 0.4) is 0 Å². The normalized spacial score (nSPS) is 11.4. The molecular formula is C15H15N9O. The van der Waals surface area contributed by atoms with Gasteiger partial charge in [0.1, 0.15) is 24.4 Å². The van der Waals surface area contributed by atoms with Crippen LogP contribution in [-0.2, 0) is 13.3 Å². The molecule has 0 spiro atoms. The van der Waals surface area contributed by atoms with Crippen molar-refractivity contribution < 1.29 is 4.79 Å². The number of benzene rings is 2. The van der Waals surface area contributed by atoms with E-state index in [4.69, 9.17) is 5.73 Å². The summed E-state index contributed by atoms with van der Waals surface area (Å²) in [4.78, 5) is 11.4. The number of aromatic nitrogens is 6. The fourth-order valence-corrected chi connectivity index (χ4v) is 2.64. The second-order valence-corrected chi connectivity index (χ2v) is 5.45. The molecule has 2 aromatic heterocycles. The standard InChI is InChI=1S/C15H15N9O/c16-15(25)19-22(9-23-13-7-3-1-5-11(13)17-20-23)10-24-14-8-4-2-6-12(14)18-21-24/h1-8H,9-10H2,(H3,16,19,25). The number of urea groups is 1. The van der Waals surface area contributed by atoms with Crippen LogP contribution in [0, 0.1) is 0 Å². The van der Waals surface area contributed by atoms with Gasteiger partial charge in [0.2, 0.25) is 0 Å². The minimum Gasteiger partial charge on any atom is -0.351 e. The van der Waals surface area contributed by atoms with E-state index < -0.39 is 6.03 Å². The molecular weight excluding hydrogens is 322 g/mol. The summed E-state index contributed by atoms with van der Waals surface area (Å²) in [5.41, 5.74) is 11.1. The van der Waals surface area contributed by atoms with Gasteiger partial charge in [-0.1, -0.05) is 34.7 Å². The van der Waals surface area contributed by atoms with Gasteiger partial charge in [0, 0.05) is 0 Å². The number of nitrogens with one attached hydrogen (secondary N) is 1. The molecule has 4 aromatic rings. The third kappa shape index (κ3) is 2.97. The van der Waals surface area contributed by atoms with Gasteiger partial charge in [-0.15, -0.1) is 10.2 Å². The monoisotopic (exact) mass is 337 g/mol. The lowest BCUT2D eigenvalue weighted by molar-refractivity contribution is 0.104. The smallest absolute Gasteiger partial charge is 0.326 e. The van der Waals surface area contributed by atoms with Gasteiger partial charge in [0.05, 0.1) is 11.0 Å². The Morgan fingerprint density at radius 1 is 0.920 bits per heavy atom. The molecule has 126 valence electrons. The van der Waals surface area contributed by atoms with E-state index in [-0.39, 0.29) is 13.3 Å². The number of amides is 2. The molecule has 0 aliphatic heterocycles. The number of nitrogens with zero attached hydrogens (tertiary/aromatic N) is 7. The number of hydrogen-bond acceptors (Lipinski definition) is 6. The largest absolute Gasteiger partial charge is 0.351 e. The third-order valence-corrected chi connectivity index (χ3v) is 3.72. The Morgan fingerprint density at radius 3 is 1.88 bits per heavy atom. The maximum Gasteiger partial charge on any atom is 0.326 e. The molecule has 0 saturated heterocycles. The molecule has 0 unspecified atom stereocenters. The Bertz CT molecular complexity index is 962. The zero-order valence-electron chi connectivity index (χ0n) is 13.1. The quantitative estimate of drug-likeness (QED) is 0.517. The van der Waals surface area contributed by atoms with E-state index in [2.05, 4.69) is 26.0 Å². The number of primary amides is 1. The molecule has 0 bridgehead atoms. The van der Waals surface area contributed by atoms with E-state index in [0.717, 1.165) is 22.1 Å². The Labute approximate surface area is 141 Å². The first kappa shape index (κ1) is 15.0. The summed E-state index contributed by atoms with van der Waals surface area (Å²) in [6, 6.07) is 14.5. The van der Waals surface area contributed by atoms with Crippen molar-refractivity contribution in [3.63, 3.8) is 0 Å². The predicted octanol–water partition coefficient (Wildman–Crippen LogP) is 0.676. The Morgan fingerprint density at radius 2 is 1.40 bits per heavy atom. The van der Waals surface area contributed by atoms with Gasteiger partial charge in [-0.2, -0.15) is 5.01 Å². The highest BCUT2D eigenvalue weighted by molar-refractivity contribution is 5.74. The van der Waals surface area contributed by atoms with Crippen LogP contribution in [0.15, 0.2) is 48.5 Å². The molecule has 0 radical (unpaired) electrons. The second kappa shape index (κ2) is 6.17. The van der Waals surface area contributed by atoms with Gasteiger partial charge in [0.15, 0.2) is 0 Å². The van der Waals surface area contributed by atoms with Crippen LogP contribution >= 0.6 is 0 Å². The minimum atomic E-state index is -0.672. The van der Waals surface area contributed by atoms with Crippen LogP contribution in [-0.4, -0.2) is 41.0 Å². The zero-order valence-corrected chi connectivity index (χ0v) is 13.1. The number of hydrogen-bond donors (Lipinski definition) is 2. The lowest BCUT2D eigenvalue weighted by atomic mass is 10.3. The number of hydrazine groups is 1. The Hall–Kier alpha value is -3.53. The van der Waals surface area contributed by atoms with Crippen molar-refractivity contribution in [3.8, 4) is 0 Å². The number of nitrogens with two attached hydrogens (primary N) is 1. The van der Waals surface area contributed by atoms with E-state index in [1.165, 1.54) is 0 Å².